The number of rotatable bonds is 5. The molecular weight excluding hydrogens is 272 g/mol. The molecule has 0 spiro atoms. The van der Waals surface area contributed by atoms with Crippen LogP contribution in [0.25, 0.3) is 11.1 Å². The molecule has 0 amide bonds. The van der Waals surface area contributed by atoms with E-state index in [9.17, 15) is 4.79 Å². The molecular formula is C20H22O2. The summed E-state index contributed by atoms with van der Waals surface area (Å²) in [5, 5.41) is 0. The van der Waals surface area contributed by atoms with Gasteiger partial charge in [0, 0.05) is 13.5 Å². The maximum absolute atomic E-state index is 13.2. The summed E-state index contributed by atoms with van der Waals surface area (Å²) >= 11 is 0. The molecule has 0 bridgehead atoms. The molecule has 0 unspecified atom stereocenters. The van der Waals surface area contributed by atoms with Crippen LogP contribution < -0.4 is 0 Å². The molecule has 1 aliphatic carbocycles. The van der Waals surface area contributed by atoms with Crippen LogP contribution in [-0.2, 0) is 14.9 Å². The Hall–Kier alpha value is -1.93. The molecule has 2 aromatic carbocycles. The lowest BCUT2D eigenvalue weighted by molar-refractivity contribution is -0.125. The molecule has 0 radical (unpaired) electrons. The fourth-order valence-corrected chi connectivity index (χ4v) is 3.62. The maximum atomic E-state index is 13.2. The molecule has 2 nitrogen and oxygen atoms in total. The summed E-state index contributed by atoms with van der Waals surface area (Å²) in [6.07, 6.45) is 0.562. The van der Waals surface area contributed by atoms with Crippen molar-refractivity contribution < 1.29 is 9.53 Å². The van der Waals surface area contributed by atoms with Crippen molar-refractivity contribution in [2.75, 3.05) is 13.7 Å². The molecule has 22 heavy (non-hydrogen) atoms. The Morgan fingerprint density at radius 1 is 1.00 bits per heavy atom. The van der Waals surface area contributed by atoms with Crippen LogP contribution in [0.4, 0.5) is 0 Å². The molecule has 0 fully saturated rings. The summed E-state index contributed by atoms with van der Waals surface area (Å²) in [5.41, 5.74) is 3.83. The van der Waals surface area contributed by atoms with Gasteiger partial charge >= 0.3 is 0 Å². The smallest absolute Gasteiger partial charge is 0.150 e. The number of carbonyl (C=O) groups excluding carboxylic acids is 1. The normalized spacial score (nSPS) is 14.7. The second kappa shape index (κ2) is 5.69. The lowest BCUT2D eigenvalue weighted by Gasteiger charge is -2.30. The van der Waals surface area contributed by atoms with Gasteiger partial charge in [0.15, 0.2) is 0 Å². The average molecular weight is 294 g/mol. The van der Waals surface area contributed by atoms with Crippen molar-refractivity contribution in [2.24, 2.45) is 5.92 Å². The van der Waals surface area contributed by atoms with E-state index in [0.29, 0.717) is 18.9 Å². The highest BCUT2D eigenvalue weighted by atomic mass is 16.5. The van der Waals surface area contributed by atoms with Gasteiger partial charge in [0.05, 0.1) is 6.61 Å². The lowest BCUT2D eigenvalue weighted by Crippen LogP contribution is -2.40. The minimum absolute atomic E-state index is 0.252. The van der Waals surface area contributed by atoms with Gasteiger partial charge in [0.1, 0.15) is 11.2 Å². The van der Waals surface area contributed by atoms with Crippen molar-refractivity contribution >= 4 is 5.78 Å². The van der Waals surface area contributed by atoms with E-state index in [0.717, 1.165) is 22.3 Å². The Morgan fingerprint density at radius 3 is 1.95 bits per heavy atom. The summed E-state index contributed by atoms with van der Waals surface area (Å²) in [6, 6.07) is 16.5. The third-order valence-electron chi connectivity index (χ3n) is 4.49. The Morgan fingerprint density at radius 2 is 1.50 bits per heavy atom. The highest BCUT2D eigenvalue weighted by Gasteiger charge is 2.48. The zero-order chi connectivity index (χ0) is 15.7. The fraction of sp³-hybridized carbons (Fsp3) is 0.350. The van der Waals surface area contributed by atoms with E-state index in [1.54, 1.807) is 7.11 Å². The number of ketones is 1. The van der Waals surface area contributed by atoms with Gasteiger partial charge in [-0.15, -0.1) is 0 Å². The maximum Gasteiger partial charge on any atom is 0.150 e. The Kier molecular flexibility index (Phi) is 3.88. The predicted molar refractivity (Wildman–Crippen MR) is 89.0 cm³/mol. The van der Waals surface area contributed by atoms with E-state index in [2.05, 4.69) is 38.1 Å². The van der Waals surface area contributed by atoms with E-state index in [1.807, 2.05) is 24.3 Å². The number of benzene rings is 2. The number of hydrogen-bond donors (Lipinski definition) is 0. The SMILES string of the molecule is COCC1(C(=O)CC(C)C)c2ccccc2-c2ccccc21. The van der Waals surface area contributed by atoms with Gasteiger partial charge in [0.2, 0.25) is 0 Å². The minimum Gasteiger partial charge on any atom is -0.383 e. The zero-order valence-electron chi connectivity index (χ0n) is 13.4. The first-order chi connectivity index (χ1) is 10.6. The summed E-state index contributed by atoms with van der Waals surface area (Å²) in [5.74, 6) is 0.586. The zero-order valence-corrected chi connectivity index (χ0v) is 13.4. The van der Waals surface area contributed by atoms with Crippen molar-refractivity contribution in [2.45, 2.75) is 25.7 Å². The van der Waals surface area contributed by atoms with Crippen molar-refractivity contribution in [3.63, 3.8) is 0 Å². The molecule has 0 aromatic heterocycles. The van der Waals surface area contributed by atoms with Gasteiger partial charge in [-0.25, -0.2) is 0 Å². The standard InChI is InChI=1S/C20H22O2/c1-14(2)12-19(21)20(13-22-3)17-10-6-4-8-15(17)16-9-5-7-11-18(16)20/h4-11,14H,12-13H2,1-3H3. The Balaban J connectivity index is 2.27. The number of carbonyl (C=O) groups is 1. The van der Waals surface area contributed by atoms with E-state index < -0.39 is 5.41 Å². The molecule has 0 saturated heterocycles. The Bertz CT molecular complexity index is 655. The van der Waals surface area contributed by atoms with Gasteiger partial charge in [0.25, 0.3) is 0 Å². The van der Waals surface area contributed by atoms with Gasteiger partial charge < -0.3 is 4.74 Å². The average Bonchev–Trinajstić information content (AvgIpc) is 2.79. The molecule has 0 heterocycles. The van der Waals surface area contributed by atoms with Crippen molar-refractivity contribution in [3.8, 4) is 11.1 Å². The first-order valence-corrected chi connectivity index (χ1v) is 7.83. The molecule has 114 valence electrons. The van der Waals surface area contributed by atoms with Crippen LogP contribution in [0.3, 0.4) is 0 Å². The minimum atomic E-state index is -0.661. The number of methoxy groups -OCH3 is 1. The third-order valence-corrected chi connectivity index (χ3v) is 4.49. The summed E-state index contributed by atoms with van der Waals surface area (Å²) in [4.78, 5) is 13.2. The van der Waals surface area contributed by atoms with E-state index in [1.165, 1.54) is 0 Å². The fourth-order valence-electron chi connectivity index (χ4n) is 3.62. The second-order valence-electron chi connectivity index (χ2n) is 6.45. The topological polar surface area (TPSA) is 26.3 Å². The van der Waals surface area contributed by atoms with E-state index >= 15 is 0 Å². The van der Waals surface area contributed by atoms with Crippen molar-refractivity contribution in [1.29, 1.82) is 0 Å². The van der Waals surface area contributed by atoms with Crippen LogP contribution in [-0.4, -0.2) is 19.5 Å². The predicted octanol–water partition coefficient (Wildman–Crippen LogP) is 4.21. The van der Waals surface area contributed by atoms with E-state index in [-0.39, 0.29) is 5.78 Å². The quantitative estimate of drug-likeness (QED) is 0.825. The van der Waals surface area contributed by atoms with Gasteiger partial charge in [-0.1, -0.05) is 62.4 Å². The first kappa shape index (κ1) is 15.0. The summed E-state index contributed by atoms with van der Waals surface area (Å²) < 4.78 is 5.52. The number of fused-ring (bicyclic) bond motifs is 3. The van der Waals surface area contributed by atoms with Crippen LogP contribution in [0.15, 0.2) is 48.5 Å². The monoisotopic (exact) mass is 294 g/mol. The highest BCUT2D eigenvalue weighted by molar-refractivity contribution is 6.02. The second-order valence-corrected chi connectivity index (χ2v) is 6.45. The molecule has 0 saturated carbocycles. The number of Topliss-reactive ketones (excluding diaryl/α,β-unsaturated/α-hetero) is 1. The first-order valence-electron chi connectivity index (χ1n) is 7.83. The summed E-state index contributed by atoms with van der Waals surface area (Å²) in [6.45, 7) is 4.57. The molecule has 2 aromatic rings. The molecule has 3 rings (SSSR count). The van der Waals surface area contributed by atoms with Crippen molar-refractivity contribution in [1.82, 2.24) is 0 Å². The van der Waals surface area contributed by atoms with Crippen LogP contribution in [0.1, 0.15) is 31.4 Å². The third kappa shape index (κ3) is 2.10. The number of ether oxygens (including phenoxy) is 1. The van der Waals surface area contributed by atoms with E-state index in [4.69, 9.17) is 4.74 Å². The Labute approximate surface area is 132 Å². The molecule has 1 aliphatic rings. The van der Waals surface area contributed by atoms with Crippen molar-refractivity contribution in [3.05, 3.63) is 59.7 Å². The van der Waals surface area contributed by atoms with Gasteiger partial charge in [-0.05, 0) is 28.2 Å². The molecule has 0 atom stereocenters. The highest BCUT2D eigenvalue weighted by Crippen LogP contribution is 2.50. The van der Waals surface area contributed by atoms with Crippen LogP contribution in [0.5, 0.6) is 0 Å². The largest absolute Gasteiger partial charge is 0.383 e. The van der Waals surface area contributed by atoms with Gasteiger partial charge in [-0.2, -0.15) is 0 Å². The van der Waals surface area contributed by atoms with Gasteiger partial charge in [-0.3, -0.25) is 4.79 Å². The molecule has 2 heteroatoms. The van der Waals surface area contributed by atoms with Crippen LogP contribution >= 0.6 is 0 Å². The summed E-state index contributed by atoms with van der Waals surface area (Å²) in [7, 11) is 1.67. The van der Waals surface area contributed by atoms with Crippen LogP contribution in [0.2, 0.25) is 0 Å². The molecule has 0 aliphatic heterocycles. The molecule has 0 N–H and O–H groups in total. The number of hydrogen-bond acceptors (Lipinski definition) is 2. The lowest BCUT2D eigenvalue weighted by atomic mass is 9.73. The van der Waals surface area contributed by atoms with Crippen LogP contribution in [0, 0.1) is 5.92 Å².